The average Bonchev–Trinajstić information content (AvgIpc) is 2.19. The fourth-order valence-corrected chi connectivity index (χ4v) is 1.12. The summed E-state index contributed by atoms with van der Waals surface area (Å²) in [5.41, 5.74) is 6.35. The van der Waals surface area contributed by atoms with Gasteiger partial charge < -0.3 is 11.1 Å². The third-order valence-electron chi connectivity index (χ3n) is 1.88. The van der Waals surface area contributed by atoms with Gasteiger partial charge in [0.25, 0.3) is 6.43 Å². The SMILES string of the molecule is NCCNCc1ccc(C(F)F)cc1. The van der Waals surface area contributed by atoms with Crippen LogP contribution in [0.5, 0.6) is 0 Å². The van der Waals surface area contributed by atoms with Crippen molar-refractivity contribution in [2.45, 2.75) is 13.0 Å². The molecule has 78 valence electrons. The Bertz CT molecular complexity index is 259. The molecule has 0 heterocycles. The van der Waals surface area contributed by atoms with Crippen molar-refractivity contribution in [2.24, 2.45) is 5.73 Å². The van der Waals surface area contributed by atoms with Gasteiger partial charge in [0.05, 0.1) is 0 Å². The standard InChI is InChI=1S/C10H14F2N2/c11-10(12)9-3-1-8(2-4-9)7-14-6-5-13/h1-4,10,14H,5-7,13H2. The van der Waals surface area contributed by atoms with Gasteiger partial charge in [-0.15, -0.1) is 0 Å². The highest BCUT2D eigenvalue weighted by atomic mass is 19.3. The maximum atomic E-state index is 12.2. The van der Waals surface area contributed by atoms with Crippen LogP contribution in [0.25, 0.3) is 0 Å². The molecule has 3 N–H and O–H groups in total. The first-order chi connectivity index (χ1) is 6.74. The third kappa shape index (κ3) is 3.40. The largest absolute Gasteiger partial charge is 0.329 e. The fourth-order valence-electron chi connectivity index (χ4n) is 1.12. The first-order valence-electron chi connectivity index (χ1n) is 4.52. The zero-order chi connectivity index (χ0) is 10.4. The van der Waals surface area contributed by atoms with Crippen molar-refractivity contribution in [3.8, 4) is 0 Å². The van der Waals surface area contributed by atoms with Crippen LogP contribution in [0.3, 0.4) is 0 Å². The Morgan fingerprint density at radius 1 is 1.21 bits per heavy atom. The van der Waals surface area contributed by atoms with E-state index in [0.717, 1.165) is 12.1 Å². The Morgan fingerprint density at radius 2 is 1.86 bits per heavy atom. The number of hydrogen-bond acceptors (Lipinski definition) is 2. The molecule has 0 amide bonds. The van der Waals surface area contributed by atoms with Gasteiger partial charge in [-0.1, -0.05) is 24.3 Å². The summed E-state index contributed by atoms with van der Waals surface area (Å²) in [7, 11) is 0. The summed E-state index contributed by atoms with van der Waals surface area (Å²) in [5, 5.41) is 3.09. The molecule has 0 saturated carbocycles. The van der Waals surface area contributed by atoms with Gasteiger partial charge in [0, 0.05) is 25.2 Å². The van der Waals surface area contributed by atoms with E-state index in [2.05, 4.69) is 5.32 Å². The maximum absolute atomic E-state index is 12.2. The van der Waals surface area contributed by atoms with E-state index in [1.807, 2.05) is 0 Å². The molecular formula is C10H14F2N2. The predicted molar refractivity (Wildman–Crippen MR) is 52.2 cm³/mol. The van der Waals surface area contributed by atoms with Gasteiger partial charge in [-0.3, -0.25) is 0 Å². The summed E-state index contributed by atoms with van der Waals surface area (Å²) in [6.45, 7) is 1.98. The van der Waals surface area contributed by atoms with Gasteiger partial charge in [0.15, 0.2) is 0 Å². The molecule has 1 aromatic carbocycles. The molecule has 0 aliphatic rings. The van der Waals surface area contributed by atoms with E-state index < -0.39 is 6.43 Å². The minimum Gasteiger partial charge on any atom is -0.329 e. The van der Waals surface area contributed by atoms with Gasteiger partial charge in [-0.05, 0) is 5.56 Å². The van der Waals surface area contributed by atoms with E-state index in [9.17, 15) is 8.78 Å². The van der Waals surface area contributed by atoms with Crippen molar-refractivity contribution in [3.63, 3.8) is 0 Å². The van der Waals surface area contributed by atoms with Crippen LogP contribution in [-0.2, 0) is 6.54 Å². The first-order valence-corrected chi connectivity index (χ1v) is 4.52. The number of benzene rings is 1. The van der Waals surface area contributed by atoms with Crippen LogP contribution in [0.4, 0.5) is 8.78 Å². The van der Waals surface area contributed by atoms with E-state index in [4.69, 9.17) is 5.73 Å². The number of alkyl halides is 2. The van der Waals surface area contributed by atoms with Crippen LogP contribution < -0.4 is 11.1 Å². The number of nitrogens with two attached hydrogens (primary N) is 1. The predicted octanol–water partition coefficient (Wildman–Crippen LogP) is 1.67. The second kappa shape index (κ2) is 5.67. The summed E-state index contributed by atoms with van der Waals surface area (Å²) in [5.74, 6) is 0. The number of hydrogen-bond donors (Lipinski definition) is 2. The van der Waals surface area contributed by atoms with E-state index in [-0.39, 0.29) is 5.56 Å². The van der Waals surface area contributed by atoms with Gasteiger partial charge in [-0.25, -0.2) is 8.78 Å². The maximum Gasteiger partial charge on any atom is 0.263 e. The molecular weight excluding hydrogens is 186 g/mol. The molecule has 0 radical (unpaired) electrons. The number of rotatable bonds is 5. The van der Waals surface area contributed by atoms with Crippen LogP contribution in [0, 0.1) is 0 Å². The van der Waals surface area contributed by atoms with Crippen molar-refractivity contribution >= 4 is 0 Å². The molecule has 0 atom stereocenters. The first kappa shape index (κ1) is 11.1. The Labute approximate surface area is 82.1 Å². The zero-order valence-corrected chi connectivity index (χ0v) is 7.84. The minimum atomic E-state index is -2.39. The normalized spacial score (nSPS) is 10.9. The van der Waals surface area contributed by atoms with Crippen LogP contribution in [0.2, 0.25) is 0 Å². The Hall–Kier alpha value is -1.00. The van der Waals surface area contributed by atoms with E-state index >= 15 is 0 Å². The van der Waals surface area contributed by atoms with Gasteiger partial charge >= 0.3 is 0 Å². The van der Waals surface area contributed by atoms with Gasteiger partial charge in [0.2, 0.25) is 0 Å². The van der Waals surface area contributed by atoms with Crippen molar-refractivity contribution in [2.75, 3.05) is 13.1 Å². The van der Waals surface area contributed by atoms with Crippen molar-refractivity contribution < 1.29 is 8.78 Å². The molecule has 4 heteroatoms. The smallest absolute Gasteiger partial charge is 0.263 e. The topological polar surface area (TPSA) is 38.0 Å². The Balaban J connectivity index is 2.47. The average molecular weight is 200 g/mol. The Morgan fingerprint density at radius 3 is 2.36 bits per heavy atom. The quantitative estimate of drug-likeness (QED) is 0.709. The van der Waals surface area contributed by atoms with E-state index in [1.54, 1.807) is 12.1 Å². The van der Waals surface area contributed by atoms with Crippen molar-refractivity contribution in [1.82, 2.24) is 5.32 Å². The zero-order valence-electron chi connectivity index (χ0n) is 7.84. The minimum absolute atomic E-state index is 0.0626. The molecule has 1 rings (SSSR count). The lowest BCUT2D eigenvalue weighted by Crippen LogP contribution is -2.21. The number of nitrogens with one attached hydrogen (secondary N) is 1. The van der Waals surface area contributed by atoms with Crippen LogP contribution in [0.15, 0.2) is 24.3 Å². The molecule has 0 aliphatic heterocycles. The highest BCUT2D eigenvalue weighted by Crippen LogP contribution is 2.18. The molecule has 0 bridgehead atoms. The highest BCUT2D eigenvalue weighted by Gasteiger charge is 2.05. The summed E-state index contributed by atoms with van der Waals surface area (Å²) in [6, 6.07) is 6.30. The lowest BCUT2D eigenvalue weighted by atomic mass is 10.1. The molecule has 14 heavy (non-hydrogen) atoms. The van der Waals surface area contributed by atoms with Crippen LogP contribution in [-0.4, -0.2) is 13.1 Å². The molecule has 0 aromatic heterocycles. The summed E-state index contributed by atoms with van der Waals surface area (Å²) < 4.78 is 24.3. The van der Waals surface area contributed by atoms with E-state index in [0.29, 0.717) is 13.1 Å². The molecule has 0 aliphatic carbocycles. The molecule has 0 saturated heterocycles. The summed E-state index contributed by atoms with van der Waals surface area (Å²) in [6.07, 6.45) is -2.39. The van der Waals surface area contributed by atoms with Crippen LogP contribution in [0.1, 0.15) is 17.6 Å². The highest BCUT2D eigenvalue weighted by molar-refractivity contribution is 5.23. The molecule has 1 aromatic rings. The lowest BCUT2D eigenvalue weighted by Gasteiger charge is -2.04. The second-order valence-electron chi connectivity index (χ2n) is 3.01. The molecule has 2 nitrogen and oxygen atoms in total. The summed E-state index contributed by atoms with van der Waals surface area (Å²) >= 11 is 0. The molecule has 0 spiro atoms. The van der Waals surface area contributed by atoms with Gasteiger partial charge in [-0.2, -0.15) is 0 Å². The van der Waals surface area contributed by atoms with Crippen LogP contribution >= 0.6 is 0 Å². The fraction of sp³-hybridized carbons (Fsp3) is 0.400. The lowest BCUT2D eigenvalue weighted by molar-refractivity contribution is 0.151. The summed E-state index contributed by atoms with van der Waals surface area (Å²) in [4.78, 5) is 0. The van der Waals surface area contributed by atoms with Crippen molar-refractivity contribution in [3.05, 3.63) is 35.4 Å². The second-order valence-corrected chi connectivity index (χ2v) is 3.01. The van der Waals surface area contributed by atoms with Crippen molar-refractivity contribution in [1.29, 1.82) is 0 Å². The Kier molecular flexibility index (Phi) is 4.49. The van der Waals surface area contributed by atoms with Gasteiger partial charge in [0.1, 0.15) is 0 Å². The molecule has 0 unspecified atom stereocenters. The number of halogens is 2. The van der Waals surface area contributed by atoms with E-state index in [1.165, 1.54) is 12.1 Å². The third-order valence-corrected chi connectivity index (χ3v) is 1.88. The monoisotopic (exact) mass is 200 g/mol. The molecule has 0 fully saturated rings.